The fraction of sp³-hybridized carbons (Fsp3) is 0.524. The summed E-state index contributed by atoms with van der Waals surface area (Å²) in [6.45, 7) is 4.25. The molecule has 1 aliphatic heterocycles. The monoisotopic (exact) mass is 557 g/mol. The molecule has 0 aliphatic carbocycles. The number of hydrogen-bond acceptors (Lipinski definition) is 10. The number of hydrogen-bond donors (Lipinski definition) is 0. The highest BCUT2D eigenvalue weighted by Gasteiger charge is 2.49. The van der Waals surface area contributed by atoms with Crippen LogP contribution in [0.15, 0.2) is 17.7 Å². The number of thioether (sulfide) groups is 1. The Labute approximate surface area is 213 Å². The van der Waals surface area contributed by atoms with Gasteiger partial charge in [-0.1, -0.05) is 32.4 Å². The molecule has 0 fully saturated rings. The molecule has 1 heterocycles. The largest absolute Gasteiger partial charge is 0.511 e. The van der Waals surface area contributed by atoms with E-state index in [1.807, 2.05) is 20.8 Å². The van der Waals surface area contributed by atoms with Gasteiger partial charge in [0.2, 0.25) is 12.9 Å². The van der Waals surface area contributed by atoms with Gasteiger partial charge in [-0.15, -0.1) is 10.1 Å². The maximum Gasteiger partial charge on any atom is 0.511 e. The van der Waals surface area contributed by atoms with Crippen LogP contribution in [0.2, 0.25) is 5.02 Å². The molecule has 15 heteroatoms. The number of benzene rings is 1. The van der Waals surface area contributed by atoms with Crippen molar-refractivity contribution in [3.05, 3.63) is 44.0 Å². The van der Waals surface area contributed by atoms with E-state index < -0.39 is 47.3 Å². The third-order valence-corrected chi connectivity index (χ3v) is 5.74. The molecule has 0 saturated heterocycles. The predicted molar refractivity (Wildman–Crippen MR) is 122 cm³/mol. The van der Waals surface area contributed by atoms with Crippen LogP contribution >= 0.6 is 23.4 Å². The summed E-state index contributed by atoms with van der Waals surface area (Å²) in [5.41, 5.74) is -0.595. The van der Waals surface area contributed by atoms with E-state index in [4.69, 9.17) is 16.3 Å². The number of alkyl halides is 3. The standard InChI is InChI=1S/C21H23ClF3NO9S/c1-20(2,3)14-10-16-12(9-15(14)22)8-13(17(35-16)21(23,24)25)18(27)32-11-33-19(28)31-4-6-36-7-5-34-26(29)30/h8-10,17H,4-7,11H2,1-3H3/t17-/m0/s1. The number of carbonyl (C=O) groups is 2. The van der Waals surface area contributed by atoms with Crippen LogP contribution in [0.3, 0.4) is 0 Å². The van der Waals surface area contributed by atoms with Gasteiger partial charge >= 0.3 is 18.3 Å². The molecule has 1 aromatic rings. The van der Waals surface area contributed by atoms with E-state index in [1.54, 1.807) is 0 Å². The smallest absolute Gasteiger partial charge is 0.475 e. The summed E-state index contributed by atoms with van der Waals surface area (Å²) in [7, 11) is 0. The van der Waals surface area contributed by atoms with Gasteiger partial charge in [0.1, 0.15) is 19.0 Å². The van der Waals surface area contributed by atoms with Crippen molar-refractivity contribution in [3.63, 3.8) is 0 Å². The maximum atomic E-state index is 13.7. The van der Waals surface area contributed by atoms with Crippen LogP contribution < -0.4 is 4.74 Å². The molecule has 0 bridgehead atoms. The predicted octanol–water partition coefficient (Wildman–Crippen LogP) is 4.94. The fourth-order valence-electron chi connectivity index (χ4n) is 2.91. The van der Waals surface area contributed by atoms with Crippen molar-refractivity contribution < 1.29 is 51.6 Å². The lowest BCUT2D eigenvalue weighted by atomic mass is 9.85. The summed E-state index contributed by atoms with van der Waals surface area (Å²) in [4.78, 5) is 38.0. The van der Waals surface area contributed by atoms with Gasteiger partial charge < -0.3 is 23.8 Å². The van der Waals surface area contributed by atoms with E-state index in [2.05, 4.69) is 19.0 Å². The van der Waals surface area contributed by atoms with Gasteiger partial charge in [-0.3, -0.25) is 0 Å². The van der Waals surface area contributed by atoms with Crippen LogP contribution in [-0.4, -0.2) is 61.0 Å². The molecule has 1 aliphatic rings. The van der Waals surface area contributed by atoms with E-state index in [0.717, 1.165) is 6.08 Å². The summed E-state index contributed by atoms with van der Waals surface area (Å²) in [5.74, 6) is -0.953. The lowest BCUT2D eigenvalue weighted by molar-refractivity contribution is -0.756. The van der Waals surface area contributed by atoms with Crippen LogP contribution in [0, 0.1) is 10.1 Å². The molecule has 0 unspecified atom stereocenters. The molecule has 0 aromatic heterocycles. The normalized spacial score (nSPS) is 15.2. The molecule has 2 rings (SSSR count). The third-order valence-electron chi connectivity index (χ3n) is 4.52. The Morgan fingerprint density at radius 1 is 1.14 bits per heavy atom. The van der Waals surface area contributed by atoms with Crippen molar-refractivity contribution in [3.8, 4) is 5.75 Å². The number of carbonyl (C=O) groups excluding carboxylic acids is 2. The van der Waals surface area contributed by atoms with Crippen molar-refractivity contribution in [2.24, 2.45) is 0 Å². The van der Waals surface area contributed by atoms with Crippen LogP contribution in [0.1, 0.15) is 31.9 Å². The first-order valence-corrected chi connectivity index (χ1v) is 11.8. The van der Waals surface area contributed by atoms with Gasteiger partial charge in [-0.2, -0.15) is 24.9 Å². The molecule has 0 spiro atoms. The van der Waals surface area contributed by atoms with E-state index in [1.165, 1.54) is 23.9 Å². The Bertz CT molecular complexity index is 1010. The van der Waals surface area contributed by atoms with Crippen molar-refractivity contribution in [1.29, 1.82) is 0 Å². The number of nitrogens with zero attached hydrogens (tertiary/aromatic N) is 1. The van der Waals surface area contributed by atoms with Gasteiger partial charge in [0, 0.05) is 22.1 Å². The lowest BCUT2D eigenvalue weighted by Gasteiger charge is -2.30. The zero-order valence-corrected chi connectivity index (χ0v) is 21.0. The van der Waals surface area contributed by atoms with Gasteiger partial charge in [-0.25, -0.2) is 9.59 Å². The summed E-state index contributed by atoms with van der Waals surface area (Å²) in [5, 5.41) is 9.34. The Morgan fingerprint density at radius 2 is 1.81 bits per heavy atom. The van der Waals surface area contributed by atoms with E-state index in [0.29, 0.717) is 5.56 Å². The summed E-state index contributed by atoms with van der Waals surface area (Å²) < 4.78 is 59.9. The molecule has 0 radical (unpaired) electrons. The molecule has 1 atom stereocenters. The topological polar surface area (TPSA) is 123 Å². The molecule has 1 aromatic carbocycles. The first-order valence-electron chi connectivity index (χ1n) is 10.3. The Kier molecular flexibility index (Phi) is 10.1. The highest BCUT2D eigenvalue weighted by atomic mass is 35.5. The van der Waals surface area contributed by atoms with Crippen LogP contribution in [0.25, 0.3) is 6.08 Å². The summed E-state index contributed by atoms with van der Waals surface area (Å²) in [6.07, 6.45) is -7.80. The Morgan fingerprint density at radius 3 is 2.42 bits per heavy atom. The van der Waals surface area contributed by atoms with Gasteiger partial charge in [-0.05, 0) is 29.2 Å². The van der Waals surface area contributed by atoms with E-state index in [9.17, 15) is 32.9 Å². The molecular formula is C21H23ClF3NO9S. The number of fused-ring (bicyclic) bond motifs is 1. The SMILES string of the molecule is CC(C)(C)c1cc2c(cc1Cl)C=C(C(=O)OCOC(=O)OCCSCCO[N+](=O)[O-])[C@@H](C(F)(F)F)O2. The number of esters is 1. The van der Waals surface area contributed by atoms with Crippen molar-refractivity contribution in [1.82, 2.24) is 0 Å². The van der Waals surface area contributed by atoms with Crippen molar-refractivity contribution >= 4 is 41.6 Å². The van der Waals surface area contributed by atoms with Crippen LogP contribution in [-0.2, 0) is 29.3 Å². The quantitative estimate of drug-likeness (QED) is 0.128. The zero-order valence-electron chi connectivity index (χ0n) is 19.4. The number of ether oxygens (including phenoxy) is 4. The lowest BCUT2D eigenvalue weighted by Crippen LogP contribution is -2.41. The Hall–Kier alpha value is -2.87. The molecule has 0 saturated carbocycles. The van der Waals surface area contributed by atoms with Crippen molar-refractivity contribution in [2.75, 3.05) is 31.5 Å². The average Bonchev–Trinajstić information content (AvgIpc) is 2.75. The highest BCUT2D eigenvalue weighted by Crippen LogP contribution is 2.42. The molecule has 0 amide bonds. The van der Waals surface area contributed by atoms with E-state index >= 15 is 0 Å². The average molecular weight is 558 g/mol. The van der Waals surface area contributed by atoms with Gasteiger partial charge in [0.15, 0.2) is 0 Å². The number of rotatable bonds is 10. The second-order valence-corrected chi connectivity index (χ2v) is 9.85. The fourth-order valence-corrected chi connectivity index (χ4v) is 3.97. The van der Waals surface area contributed by atoms with E-state index in [-0.39, 0.29) is 41.1 Å². The van der Waals surface area contributed by atoms with Crippen molar-refractivity contribution in [2.45, 2.75) is 38.5 Å². The summed E-state index contributed by atoms with van der Waals surface area (Å²) >= 11 is 7.48. The maximum absolute atomic E-state index is 13.7. The minimum absolute atomic E-state index is 0.0918. The second-order valence-electron chi connectivity index (χ2n) is 8.22. The zero-order chi connectivity index (χ0) is 27.1. The van der Waals surface area contributed by atoms with Gasteiger partial charge in [0.05, 0.1) is 5.57 Å². The minimum atomic E-state index is -4.94. The first-order chi connectivity index (χ1) is 16.7. The Balaban J connectivity index is 1.95. The van der Waals surface area contributed by atoms with Crippen LogP contribution in [0.4, 0.5) is 18.0 Å². The summed E-state index contributed by atoms with van der Waals surface area (Å²) in [6, 6.07) is 2.80. The molecule has 0 N–H and O–H groups in total. The minimum Gasteiger partial charge on any atom is -0.475 e. The van der Waals surface area contributed by atoms with Crippen LogP contribution in [0.5, 0.6) is 5.75 Å². The number of halogens is 4. The highest BCUT2D eigenvalue weighted by molar-refractivity contribution is 7.99. The molecule has 200 valence electrons. The van der Waals surface area contributed by atoms with Gasteiger partial charge in [0.25, 0.3) is 5.09 Å². The molecular weight excluding hydrogens is 535 g/mol. The third kappa shape index (κ3) is 8.66. The first kappa shape index (κ1) is 29.4. The molecule has 36 heavy (non-hydrogen) atoms. The second kappa shape index (κ2) is 12.4. The molecule has 10 nitrogen and oxygen atoms in total.